The minimum absolute atomic E-state index is 0.0285. The lowest BCUT2D eigenvalue weighted by Crippen LogP contribution is -2.15. The zero-order valence-corrected chi connectivity index (χ0v) is 10.1. The van der Waals surface area contributed by atoms with E-state index in [1.807, 2.05) is 39.0 Å². The van der Waals surface area contributed by atoms with E-state index in [1.165, 1.54) is 11.1 Å². The number of aryl methyl sites for hydroxylation is 3. The number of H-pyrrole nitrogens is 1. The quantitative estimate of drug-likeness (QED) is 0.781. The first-order valence-electron chi connectivity index (χ1n) is 5.36. The molecule has 84 valence electrons. The Morgan fingerprint density at radius 1 is 1.06 bits per heavy atom. The van der Waals surface area contributed by atoms with Crippen LogP contribution >= 0.6 is 0 Å². The molecular formula is C13H16N2O. The van der Waals surface area contributed by atoms with Crippen LogP contribution in [-0.2, 0) is 0 Å². The summed E-state index contributed by atoms with van der Waals surface area (Å²) in [5, 5.41) is 3.08. The summed E-state index contributed by atoms with van der Waals surface area (Å²) in [6, 6.07) is 6.01. The smallest absolute Gasteiger partial charge is 0.274 e. The number of hydrogen-bond acceptors (Lipinski definition) is 1. The summed E-state index contributed by atoms with van der Waals surface area (Å²) in [6.07, 6.45) is 0. The Hall–Kier alpha value is -1.77. The van der Waals surface area contributed by atoms with Gasteiger partial charge < -0.3 is 0 Å². The van der Waals surface area contributed by atoms with Gasteiger partial charge in [0, 0.05) is 11.3 Å². The summed E-state index contributed by atoms with van der Waals surface area (Å²) >= 11 is 0. The fourth-order valence-electron chi connectivity index (χ4n) is 1.68. The molecule has 0 saturated heterocycles. The lowest BCUT2D eigenvalue weighted by Gasteiger charge is -2.05. The monoisotopic (exact) mass is 216 g/mol. The van der Waals surface area contributed by atoms with Crippen LogP contribution in [0.25, 0.3) is 5.69 Å². The summed E-state index contributed by atoms with van der Waals surface area (Å²) < 4.78 is 1.59. The number of nitrogens with zero attached hydrogens (tertiary/aromatic N) is 1. The predicted octanol–water partition coefficient (Wildman–Crippen LogP) is 2.40. The molecule has 2 rings (SSSR count). The Bertz CT molecular complexity index is 590. The predicted molar refractivity (Wildman–Crippen MR) is 65.3 cm³/mol. The van der Waals surface area contributed by atoms with Gasteiger partial charge in [0.2, 0.25) is 0 Å². The van der Waals surface area contributed by atoms with Crippen LogP contribution in [0.5, 0.6) is 0 Å². The molecule has 0 saturated carbocycles. The van der Waals surface area contributed by atoms with Gasteiger partial charge in [0.25, 0.3) is 5.56 Å². The third kappa shape index (κ3) is 1.58. The minimum atomic E-state index is 0.0285. The van der Waals surface area contributed by atoms with Crippen LogP contribution in [0.1, 0.15) is 22.4 Å². The van der Waals surface area contributed by atoms with Gasteiger partial charge in [0.1, 0.15) is 0 Å². The van der Waals surface area contributed by atoms with Crippen LogP contribution in [0.4, 0.5) is 0 Å². The van der Waals surface area contributed by atoms with Crippen LogP contribution < -0.4 is 5.56 Å². The van der Waals surface area contributed by atoms with E-state index in [0.717, 1.165) is 16.9 Å². The topological polar surface area (TPSA) is 37.8 Å². The second kappa shape index (κ2) is 3.67. The van der Waals surface area contributed by atoms with Crippen molar-refractivity contribution >= 4 is 0 Å². The molecule has 16 heavy (non-hydrogen) atoms. The molecule has 0 unspecified atom stereocenters. The van der Waals surface area contributed by atoms with Gasteiger partial charge in [-0.1, -0.05) is 6.07 Å². The molecule has 2 aromatic rings. The fraction of sp³-hybridized carbons (Fsp3) is 0.308. The highest BCUT2D eigenvalue weighted by Crippen LogP contribution is 2.12. The van der Waals surface area contributed by atoms with Gasteiger partial charge in [-0.25, -0.2) is 4.68 Å². The van der Waals surface area contributed by atoms with Gasteiger partial charge in [0.05, 0.1) is 5.69 Å². The molecule has 3 heteroatoms. The van der Waals surface area contributed by atoms with Crippen molar-refractivity contribution < 1.29 is 0 Å². The Labute approximate surface area is 94.7 Å². The molecule has 0 aliphatic heterocycles. The van der Waals surface area contributed by atoms with Crippen molar-refractivity contribution in [3.8, 4) is 5.69 Å². The zero-order valence-electron chi connectivity index (χ0n) is 10.1. The SMILES string of the molecule is Cc1ccc(-n2[nH]c(C)c(C)c2=O)cc1C. The molecule has 1 heterocycles. The molecular weight excluding hydrogens is 200 g/mol. The average molecular weight is 216 g/mol. The minimum Gasteiger partial charge on any atom is -0.295 e. The Kier molecular flexibility index (Phi) is 2.46. The molecule has 0 fully saturated rings. The number of aromatic nitrogens is 2. The van der Waals surface area contributed by atoms with E-state index in [-0.39, 0.29) is 5.56 Å². The van der Waals surface area contributed by atoms with Crippen molar-refractivity contribution in [3.63, 3.8) is 0 Å². The van der Waals surface area contributed by atoms with Crippen molar-refractivity contribution in [2.45, 2.75) is 27.7 Å². The fourth-order valence-corrected chi connectivity index (χ4v) is 1.68. The Morgan fingerprint density at radius 3 is 2.25 bits per heavy atom. The molecule has 0 aliphatic carbocycles. The lowest BCUT2D eigenvalue weighted by molar-refractivity contribution is 0.833. The summed E-state index contributed by atoms with van der Waals surface area (Å²) in [4.78, 5) is 11.9. The molecule has 0 amide bonds. The van der Waals surface area contributed by atoms with Crippen LogP contribution in [-0.4, -0.2) is 9.78 Å². The maximum Gasteiger partial charge on any atom is 0.274 e. The highest BCUT2D eigenvalue weighted by atomic mass is 16.1. The van der Waals surface area contributed by atoms with Crippen LogP contribution in [0.3, 0.4) is 0 Å². The van der Waals surface area contributed by atoms with Crippen LogP contribution in [0.15, 0.2) is 23.0 Å². The second-order valence-electron chi connectivity index (χ2n) is 4.27. The third-order valence-electron chi connectivity index (χ3n) is 3.11. The highest BCUT2D eigenvalue weighted by Gasteiger charge is 2.08. The zero-order chi connectivity index (χ0) is 11.9. The largest absolute Gasteiger partial charge is 0.295 e. The maximum absolute atomic E-state index is 11.9. The molecule has 1 aromatic heterocycles. The van der Waals surface area contributed by atoms with Crippen LogP contribution in [0.2, 0.25) is 0 Å². The third-order valence-corrected chi connectivity index (χ3v) is 3.11. The summed E-state index contributed by atoms with van der Waals surface area (Å²) in [5.41, 5.74) is 5.04. The van der Waals surface area contributed by atoms with Gasteiger partial charge in [0.15, 0.2) is 0 Å². The molecule has 3 nitrogen and oxygen atoms in total. The molecule has 1 aromatic carbocycles. The van der Waals surface area contributed by atoms with Crippen molar-refractivity contribution in [1.29, 1.82) is 0 Å². The van der Waals surface area contributed by atoms with Crippen LogP contribution in [0, 0.1) is 27.7 Å². The normalized spacial score (nSPS) is 10.8. The molecule has 0 aliphatic rings. The van der Waals surface area contributed by atoms with Gasteiger partial charge in [-0.2, -0.15) is 0 Å². The summed E-state index contributed by atoms with van der Waals surface area (Å²) in [7, 11) is 0. The first-order chi connectivity index (χ1) is 7.50. The van der Waals surface area contributed by atoms with E-state index >= 15 is 0 Å². The number of rotatable bonds is 1. The second-order valence-corrected chi connectivity index (χ2v) is 4.27. The number of benzene rings is 1. The molecule has 0 bridgehead atoms. The van der Waals surface area contributed by atoms with Crippen molar-refractivity contribution in [2.75, 3.05) is 0 Å². The molecule has 0 spiro atoms. The molecule has 0 radical (unpaired) electrons. The highest BCUT2D eigenvalue weighted by molar-refractivity contribution is 5.39. The maximum atomic E-state index is 11.9. The Balaban J connectivity index is 2.63. The molecule has 1 N–H and O–H groups in total. The standard InChI is InChI=1S/C13H16N2O/c1-8-5-6-12(7-9(8)2)15-13(16)10(3)11(4)14-15/h5-7,14H,1-4H3. The van der Waals surface area contributed by atoms with E-state index < -0.39 is 0 Å². The molecule has 0 atom stereocenters. The number of nitrogens with one attached hydrogen (secondary N) is 1. The van der Waals surface area contributed by atoms with Crippen molar-refractivity contribution in [2.24, 2.45) is 0 Å². The van der Waals surface area contributed by atoms with Crippen molar-refractivity contribution in [3.05, 3.63) is 50.9 Å². The first-order valence-corrected chi connectivity index (χ1v) is 5.36. The van der Waals surface area contributed by atoms with Gasteiger partial charge >= 0.3 is 0 Å². The number of aromatic amines is 1. The van der Waals surface area contributed by atoms with E-state index in [1.54, 1.807) is 4.68 Å². The van der Waals surface area contributed by atoms with Gasteiger partial charge in [-0.05, 0) is 51.0 Å². The van der Waals surface area contributed by atoms with E-state index in [0.29, 0.717) is 0 Å². The van der Waals surface area contributed by atoms with E-state index in [9.17, 15) is 4.79 Å². The Morgan fingerprint density at radius 2 is 1.75 bits per heavy atom. The lowest BCUT2D eigenvalue weighted by atomic mass is 10.1. The average Bonchev–Trinajstić information content (AvgIpc) is 2.50. The first kappa shape index (κ1) is 10.7. The van der Waals surface area contributed by atoms with Crippen molar-refractivity contribution in [1.82, 2.24) is 9.78 Å². The van der Waals surface area contributed by atoms with E-state index in [2.05, 4.69) is 12.0 Å². The van der Waals surface area contributed by atoms with E-state index in [4.69, 9.17) is 0 Å². The van der Waals surface area contributed by atoms with Gasteiger partial charge in [-0.15, -0.1) is 0 Å². The summed E-state index contributed by atoms with van der Waals surface area (Å²) in [6.45, 7) is 7.86. The summed E-state index contributed by atoms with van der Waals surface area (Å²) in [5.74, 6) is 0. The van der Waals surface area contributed by atoms with Gasteiger partial charge in [-0.3, -0.25) is 9.89 Å². The number of hydrogen-bond donors (Lipinski definition) is 1.